The monoisotopic (exact) mass is 355 g/mol. The SMILES string of the molecule is C=C(Cl)CN(C)C(=S)Nc1cccc(OC(=O)NC(C)(C)C)c1. The van der Waals surface area contributed by atoms with E-state index in [1.54, 1.807) is 30.1 Å². The summed E-state index contributed by atoms with van der Waals surface area (Å²) >= 11 is 11.0. The Morgan fingerprint density at radius 3 is 2.65 bits per heavy atom. The highest BCUT2D eigenvalue weighted by Crippen LogP contribution is 2.18. The highest BCUT2D eigenvalue weighted by molar-refractivity contribution is 7.80. The molecule has 0 unspecified atom stereocenters. The molecule has 126 valence electrons. The van der Waals surface area contributed by atoms with Crippen molar-refractivity contribution in [3.8, 4) is 5.75 Å². The van der Waals surface area contributed by atoms with E-state index in [0.29, 0.717) is 28.1 Å². The Morgan fingerprint density at radius 1 is 1.43 bits per heavy atom. The van der Waals surface area contributed by atoms with Gasteiger partial charge in [-0.3, -0.25) is 0 Å². The third-order valence-electron chi connectivity index (χ3n) is 2.53. The molecule has 0 fully saturated rings. The van der Waals surface area contributed by atoms with Crippen LogP contribution in [0.15, 0.2) is 35.9 Å². The van der Waals surface area contributed by atoms with Crippen LogP contribution in [0.25, 0.3) is 0 Å². The summed E-state index contributed by atoms with van der Waals surface area (Å²) in [4.78, 5) is 13.5. The minimum atomic E-state index is -0.507. The molecule has 1 aromatic carbocycles. The largest absolute Gasteiger partial charge is 0.413 e. The summed E-state index contributed by atoms with van der Waals surface area (Å²) in [7, 11) is 1.81. The van der Waals surface area contributed by atoms with Crippen molar-refractivity contribution in [1.29, 1.82) is 0 Å². The molecule has 0 aliphatic heterocycles. The molecule has 0 aromatic heterocycles. The molecule has 0 radical (unpaired) electrons. The van der Waals surface area contributed by atoms with E-state index in [4.69, 9.17) is 28.6 Å². The number of carbonyl (C=O) groups excluding carboxylic acids is 1. The third-order valence-corrected chi connectivity index (χ3v) is 3.06. The second-order valence-corrected chi connectivity index (χ2v) is 7.02. The topological polar surface area (TPSA) is 53.6 Å². The van der Waals surface area contributed by atoms with Crippen molar-refractivity contribution >= 4 is 40.7 Å². The van der Waals surface area contributed by atoms with Crippen LogP contribution >= 0.6 is 23.8 Å². The first-order valence-corrected chi connectivity index (χ1v) is 7.81. The van der Waals surface area contributed by atoms with Gasteiger partial charge in [0.05, 0.1) is 6.54 Å². The molecule has 7 heteroatoms. The zero-order valence-corrected chi connectivity index (χ0v) is 15.3. The van der Waals surface area contributed by atoms with Crippen molar-refractivity contribution in [2.75, 3.05) is 18.9 Å². The Morgan fingerprint density at radius 2 is 2.09 bits per heavy atom. The van der Waals surface area contributed by atoms with Gasteiger partial charge in [-0.15, -0.1) is 0 Å². The van der Waals surface area contributed by atoms with Crippen LogP contribution in [0.3, 0.4) is 0 Å². The number of rotatable bonds is 4. The Bertz CT molecular complexity index is 599. The first kappa shape index (κ1) is 19.3. The molecule has 1 rings (SSSR count). The van der Waals surface area contributed by atoms with Gasteiger partial charge in [-0.25, -0.2) is 4.79 Å². The molecular formula is C16H22ClN3O2S. The van der Waals surface area contributed by atoms with E-state index in [2.05, 4.69) is 17.2 Å². The number of hydrogen-bond acceptors (Lipinski definition) is 3. The quantitative estimate of drug-likeness (QED) is 0.801. The van der Waals surface area contributed by atoms with Gasteiger partial charge in [-0.2, -0.15) is 0 Å². The molecule has 0 atom stereocenters. The average molecular weight is 356 g/mol. The number of halogens is 1. The number of likely N-dealkylation sites (N-methyl/N-ethyl adjacent to an activating group) is 1. The number of thiocarbonyl (C=S) groups is 1. The number of ether oxygens (including phenoxy) is 1. The minimum absolute atomic E-state index is 0.360. The van der Waals surface area contributed by atoms with Crippen LogP contribution in [0.5, 0.6) is 5.75 Å². The van der Waals surface area contributed by atoms with Crippen molar-refractivity contribution in [2.24, 2.45) is 0 Å². The zero-order valence-electron chi connectivity index (χ0n) is 13.8. The molecule has 0 aliphatic carbocycles. The third kappa shape index (κ3) is 7.85. The number of benzene rings is 1. The van der Waals surface area contributed by atoms with Crippen LogP contribution in [0.1, 0.15) is 20.8 Å². The maximum atomic E-state index is 11.8. The molecule has 5 nitrogen and oxygen atoms in total. The molecule has 1 amide bonds. The molecule has 0 saturated heterocycles. The summed E-state index contributed by atoms with van der Waals surface area (Å²) in [5.41, 5.74) is 0.351. The van der Waals surface area contributed by atoms with Gasteiger partial charge >= 0.3 is 6.09 Å². The summed E-state index contributed by atoms with van der Waals surface area (Å²) in [6.45, 7) is 9.72. The van der Waals surface area contributed by atoms with Crippen molar-refractivity contribution in [2.45, 2.75) is 26.3 Å². The number of amides is 1. The molecule has 0 spiro atoms. The summed E-state index contributed by atoms with van der Waals surface area (Å²) in [6, 6.07) is 6.98. The predicted octanol–water partition coefficient (Wildman–Crippen LogP) is 3.95. The van der Waals surface area contributed by atoms with Gasteiger partial charge in [-0.05, 0) is 45.1 Å². The van der Waals surface area contributed by atoms with Gasteiger partial charge < -0.3 is 20.3 Å². The lowest BCUT2D eigenvalue weighted by Gasteiger charge is -2.21. The lowest BCUT2D eigenvalue weighted by atomic mass is 10.1. The molecule has 2 N–H and O–H groups in total. The van der Waals surface area contributed by atoms with E-state index >= 15 is 0 Å². The highest BCUT2D eigenvalue weighted by atomic mass is 35.5. The fourth-order valence-electron chi connectivity index (χ4n) is 1.62. The van der Waals surface area contributed by atoms with E-state index in [-0.39, 0.29) is 5.54 Å². The average Bonchev–Trinajstić information content (AvgIpc) is 2.35. The minimum Gasteiger partial charge on any atom is -0.410 e. The number of carbonyl (C=O) groups is 1. The maximum absolute atomic E-state index is 11.8. The van der Waals surface area contributed by atoms with E-state index in [1.165, 1.54) is 0 Å². The van der Waals surface area contributed by atoms with Crippen molar-refractivity contribution in [1.82, 2.24) is 10.2 Å². The zero-order chi connectivity index (χ0) is 17.6. The Kier molecular flexibility index (Phi) is 6.84. The van der Waals surface area contributed by atoms with E-state index in [9.17, 15) is 4.79 Å². The van der Waals surface area contributed by atoms with Crippen LogP contribution in [0, 0.1) is 0 Å². The van der Waals surface area contributed by atoms with Gasteiger partial charge in [0.2, 0.25) is 0 Å². The molecule has 23 heavy (non-hydrogen) atoms. The molecule has 0 heterocycles. The van der Waals surface area contributed by atoms with Crippen molar-refractivity contribution in [3.05, 3.63) is 35.9 Å². The van der Waals surface area contributed by atoms with E-state index in [1.807, 2.05) is 26.8 Å². The molecular weight excluding hydrogens is 334 g/mol. The number of nitrogens with zero attached hydrogens (tertiary/aromatic N) is 1. The van der Waals surface area contributed by atoms with E-state index < -0.39 is 6.09 Å². The second-order valence-electron chi connectivity index (χ2n) is 6.10. The second kappa shape index (κ2) is 8.17. The van der Waals surface area contributed by atoms with Gasteiger partial charge in [0, 0.05) is 29.4 Å². The maximum Gasteiger partial charge on any atom is 0.413 e. The summed E-state index contributed by atoms with van der Waals surface area (Å²) in [5.74, 6) is 0.420. The van der Waals surface area contributed by atoms with Crippen LogP contribution in [-0.2, 0) is 0 Å². The first-order chi connectivity index (χ1) is 10.6. The molecule has 0 bridgehead atoms. The van der Waals surface area contributed by atoms with Gasteiger partial charge in [0.15, 0.2) is 5.11 Å². The number of anilines is 1. The Labute approximate surface area is 147 Å². The van der Waals surface area contributed by atoms with Crippen molar-refractivity contribution < 1.29 is 9.53 Å². The lowest BCUT2D eigenvalue weighted by molar-refractivity contribution is 0.190. The van der Waals surface area contributed by atoms with E-state index in [0.717, 1.165) is 0 Å². The molecule has 1 aromatic rings. The van der Waals surface area contributed by atoms with Crippen LogP contribution < -0.4 is 15.4 Å². The Balaban J connectivity index is 2.68. The van der Waals surface area contributed by atoms with Crippen LogP contribution in [-0.4, -0.2) is 35.2 Å². The predicted molar refractivity (Wildman–Crippen MR) is 99.2 cm³/mol. The lowest BCUT2D eigenvalue weighted by Crippen LogP contribution is -2.42. The number of hydrogen-bond donors (Lipinski definition) is 2. The normalized spacial score (nSPS) is 10.7. The first-order valence-electron chi connectivity index (χ1n) is 7.02. The van der Waals surface area contributed by atoms with Crippen molar-refractivity contribution in [3.63, 3.8) is 0 Å². The van der Waals surface area contributed by atoms with Crippen LogP contribution in [0.2, 0.25) is 0 Å². The van der Waals surface area contributed by atoms with Crippen LogP contribution in [0.4, 0.5) is 10.5 Å². The van der Waals surface area contributed by atoms with Gasteiger partial charge in [-0.1, -0.05) is 24.2 Å². The standard InChI is InChI=1S/C16H22ClN3O2S/c1-11(17)10-20(5)14(23)18-12-7-6-8-13(9-12)22-15(21)19-16(2,3)4/h6-9H,1,10H2,2-5H3,(H,18,23)(H,19,21). The van der Waals surface area contributed by atoms with Gasteiger partial charge in [0.1, 0.15) is 5.75 Å². The number of nitrogens with one attached hydrogen (secondary N) is 2. The summed E-state index contributed by atoms with van der Waals surface area (Å²) in [6.07, 6.45) is -0.507. The smallest absolute Gasteiger partial charge is 0.410 e. The fourth-order valence-corrected chi connectivity index (χ4v) is 1.99. The highest BCUT2D eigenvalue weighted by Gasteiger charge is 2.15. The Hall–Kier alpha value is -1.79. The fraction of sp³-hybridized carbons (Fsp3) is 0.375. The summed E-state index contributed by atoms with van der Waals surface area (Å²) < 4.78 is 5.26. The molecule has 0 saturated carbocycles. The summed E-state index contributed by atoms with van der Waals surface area (Å²) in [5, 5.41) is 6.76. The molecule has 0 aliphatic rings. The van der Waals surface area contributed by atoms with Gasteiger partial charge in [0.25, 0.3) is 0 Å².